The Kier molecular flexibility index (Phi) is 7.59. The van der Waals surface area contributed by atoms with E-state index in [0.29, 0.717) is 5.69 Å². The Labute approximate surface area is 218 Å². The molecule has 4 aromatic rings. The van der Waals surface area contributed by atoms with Crippen molar-refractivity contribution in [2.24, 2.45) is 5.10 Å². The number of rotatable bonds is 8. The Balaban J connectivity index is 1.54. The van der Waals surface area contributed by atoms with Crippen LogP contribution in [-0.2, 0) is 14.8 Å². The number of carbonyl (C=O) groups excluding carboxylic acids is 1. The molecule has 190 valence electrons. The normalized spacial score (nSPS) is 11.6. The zero-order valence-electron chi connectivity index (χ0n) is 21.3. The van der Waals surface area contributed by atoms with Crippen LogP contribution in [0.5, 0.6) is 0 Å². The van der Waals surface area contributed by atoms with Crippen LogP contribution in [-0.4, -0.2) is 31.7 Å². The monoisotopic (exact) mass is 514 g/mol. The van der Waals surface area contributed by atoms with Crippen molar-refractivity contribution in [3.05, 3.63) is 113 Å². The fraction of sp³-hybridized carbons (Fsp3) is 0.172. The highest BCUT2D eigenvalue weighted by molar-refractivity contribution is 7.92. The van der Waals surface area contributed by atoms with E-state index in [2.05, 4.69) is 34.2 Å². The van der Waals surface area contributed by atoms with Crippen LogP contribution in [0.1, 0.15) is 28.1 Å². The second kappa shape index (κ2) is 10.8. The van der Waals surface area contributed by atoms with Gasteiger partial charge in [-0.15, -0.1) is 0 Å². The summed E-state index contributed by atoms with van der Waals surface area (Å²) in [5.74, 6) is -0.552. The van der Waals surface area contributed by atoms with Crippen molar-refractivity contribution in [1.82, 2.24) is 9.99 Å². The predicted molar refractivity (Wildman–Crippen MR) is 148 cm³/mol. The number of sulfonamides is 1. The van der Waals surface area contributed by atoms with Gasteiger partial charge in [0.25, 0.3) is 15.9 Å². The van der Waals surface area contributed by atoms with E-state index in [1.807, 2.05) is 39.0 Å². The lowest BCUT2D eigenvalue weighted by Gasteiger charge is -2.23. The Morgan fingerprint density at radius 2 is 1.57 bits per heavy atom. The maximum Gasteiger partial charge on any atom is 0.264 e. The van der Waals surface area contributed by atoms with E-state index in [0.717, 1.165) is 38.1 Å². The van der Waals surface area contributed by atoms with Crippen LogP contribution in [0.4, 0.5) is 5.69 Å². The number of aryl methyl sites for hydroxylation is 3. The molecule has 7 nitrogen and oxygen atoms in total. The molecule has 0 spiro atoms. The molecule has 8 heteroatoms. The Morgan fingerprint density at radius 1 is 0.919 bits per heavy atom. The van der Waals surface area contributed by atoms with E-state index in [1.165, 1.54) is 0 Å². The van der Waals surface area contributed by atoms with E-state index in [9.17, 15) is 13.2 Å². The van der Waals surface area contributed by atoms with Crippen LogP contribution in [0.2, 0.25) is 0 Å². The summed E-state index contributed by atoms with van der Waals surface area (Å²) in [6.45, 7) is 7.54. The molecule has 1 amide bonds. The van der Waals surface area contributed by atoms with Crippen molar-refractivity contribution in [1.29, 1.82) is 0 Å². The van der Waals surface area contributed by atoms with Crippen molar-refractivity contribution < 1.29 is 13.2 Å². The summed E-state index contributed by atoms with van der Waals surface area (Å²) in [7, 11) is -3.97. The van der Waals surface area contributed by atoms with Gasteiger partial charge in [-0.3, -0.25) is 9.10 Å². The topological polar surface area (TPSA) is 83.8 Å². The number of anilines is 1. The van der Waals surface area contributed by atoms with E-state index in [1.54, 1.807) is 60.8 Å². The molecule has 0 aliphatic rings. The Hall–Kier alpha value is -4.17. The first-order valence-corrected chi connectivity index (χ1v) is 13.3. The van der Waals surface area contributed by atoms with Crippen molar-refractivity contribution in [2.75, 3.05) is 10.8 Å². The molecule has 0 aliphatic heterocycles. The number of hydrogen-bond donors (Lipinski definition) is 1. The summed E-state index contributed by atoms with van der Waals surface area (Å²) in [5, 5.41) is 4.13. The minimum absolute atomic E-state index is 0.113. The van der Waals surface area contributed by atoms with Gasteiger partial charge in [0.2, 0.25) is 0 Å². The van der Waals surface area contributed by atoms with Crippen LogP contribution in [0.15, 0.2) is 94.9 Å². The minimum atomic E-state index is -3.97. The van der Waals surface area contributed by atoms with Crippen molar-refractivity contribution in [2.45, 2.75) is 32.6 Å². The second-order valence-corrected chi connectivity index (χ2v) is 10.8. The molecular weight excluding hydrogens is 484 g/mol. The first-order valence-electron chi connectivity index (χ1n) is 11.9. The first kappa shape index (κ1) is 25.9. The van der Waals surface area contributed by atoms with Gasteiger partial charge in [0.1, 0.15) is 6.54 Å². The molecule has 0 saturated carbocycles. The van der Waals surface area contributed by atoms with Gasteiger partial charge in [-0.1, -0.05) is 54.1 Å². The highest BCUT2D eigenvalue weighted by Crippen LogP contribution is 2.24. The lowest BCUT2D eigenvalue weighted by molar-refractivity contribution is -0.119. The minimum Gasteiger partial charge on any atom is -0.318 e. The maximum absolute atomic E-state index is 13.4. The third-order valence-corrected chi connectivity index (χ3v) is 7.95. The zero-order valence-corrected chi connectivity index (χ0v) is 22.2. The molecule has 0 saturated heterocycles. The quantitative estimate of drug-likeness (QED) is 0.264. The maximum atomic E-state index is 13.4. The number of nitrogens with zero attached hydrogens (tertiary/aromatic N) is 3. The predicted octanol–water partition coefficient (Wildman–Crippen LogP) is 5.06. The average Bonchev–Trinajstić information content (AvgIpc) is 3.16. The molecule has 1 N–H and O–H groups in total. The summed E-state index contributed by atoms with van der Waals surface area (Å²) >= 11 is 0. The van der Waals surface area contributed by atoms with Crippen LogP contribution >= 0.6 is 0 Å². The zero-order chi connectivity index (χ0) is 26.6. The molecule has 0 radical (unpaired) electrons. The second-order valence-electron chi connectivity index (χ2n) is 8.90. The van der Waals surface area contributed by atoms with E-state index >= 15 is 0 Å². The Morgan fingerprint density at radius 3 is 2.24 bits per heavy atom. The van der Waals surface area contributed by atoms with E-state index in [-0.39, 0.29) is 4.90 Å². The fourth-order valence-electron chi connectivity index (χ4n) is 4.19. The molecular formula is C29H30N4O3S. The van der Waals surface area contributed by atoms with Gasteiger partial charge in [0, 0.05) is 22.6 Å². The number of benzene rings is 3. The molecule has 0 fully saturated rings. The first-order chi connectivity index (χ1) is 17.7. The largest absolute Gasteiger partial charge is 0.318 e. The molecule has 0 bridgehead atoms. The van der Waals surface area contributed by atoms with Crippen LogP contribution in [0.3, 0.4) is 0 Å². The number of hydrazone groups is 1. The molecule has 4 rings (SSSR count). The van der Waals surface area contributed by atoms with Crippen LogP contribution in [0, 0.1) is 27.7 Å². The van der Waals surface area contributed by atoms with Crippen molar-refractivity contribution >= 4 is 27.8 Å². The lowest BCUT2D eigenvalue weighted by Crippen LogP contribution is -2.39. The third-order valence-electron chi connectivity index (χ3n) is 6.16. The number of para-hydroxylation sites is 2. The standard InChI is InChI=1S/C29H30N4O3S/c1-21-14-16-27(17-15-21)37(35,36)32(26-11-6-5-7-12-26)20-29(34)31-30-19-25-18-23(3)33(24(25)4)28-13-9-8-10-22(28)2/h5-19H,20H2,1-4H3,(H,31,34)/b30-19-. The molecule has 0 atom stereocenters. The highest BCUT2D eigenvalue weighted by Gasteiger charge is 2.27. The van der Waals surface area contributed by atoms with Crippen LogP contribution in [0.25, 0.3) is 5.69 Å². The average molecular weight is 515 g/mol. The summed E-state index contributed by atoms with van der Waals surface area (Å²) in [4.78, 5) is 12.9. The summed E-state index contributed by atoms with van der Waals surface area (Å²) < 4.78 is 30.1. The molecule has 3 aromatic carbocycles. The third kappa shape index (κ3) is 5.65. The van der Waals surface area contributed by atoms with Gasteiger partial charge >= 0.3 is 0 Å². The summed E-state index contributed by atoms with van der Waals surface area (Å²) in [6.07, 6.45) is 1.58. The number of nitrogens with one attached hydrogen (secondary N) is 1. The van der Waals surface area contributed by atoms with Gasteiger partial charge in [-0.25, -0.2) is 13.8 Å². The lowest BCUT2D eigenvalue weighted by atomic mass is 10.2. The van der Waals surface area contributed by atoms with Gasteiger partial charge in [-0.2, -0.15) is 5.10 Å². The Bertz CT molecular complexity index is 1540. The van der Waals surface area contributed by atoms with Crippen LogP contribution < -0.4 is 9.73 Å². The number of amides is 1. The molecule has 1 aromatic heterocycles. The van der Waals surface area contributed by atoms with Gasteiger partial charge in [0.15, 0.2) is 0 Å². The molecule has 37 heavy (non-hydrogen) atoms. The molecule has 1 heterocycles. The van der Waals surface area contributed by atoms with E-state index < -0.39 is 22.5 Å². The number of aromatic nitrogens is 1. The van der Waals surface area contributed by atoms with Crippen molar-refractivity contribution in [3.8, 4) is 5.69 Å². The van der Waals surface area contributed by atoms with Gasteiger partial charge in [-0.05, 0) is 69.7 Å². The number of hydrogen-bond acceptors (Lipinski definition) is 4. The SMILES string of the molecule is Cc1ccc(S(=O)(=O)N(CC(=O)N/N=C\c2cc(C)n(-c3ccccc3C)c2C)c2ccccc2)cc1. The molecule has 0 aliphatic carbocycles. The van der Waals surface area contributed by atoms with E-state index in [4.69, 9.17) is 0 Å². The molecule has 0 unspecified atom stereocenters. The summed E-state index contributed by atoms with van der Waals surface area (Å²) in [5.41, 5.74) is 8.94. The van der Waals surface area contributed by atoms with Crippen molar-refractivity contribution in [3.63, 3.8) is 0 Å². The number of carbonyl (C=O) groups is 1. The fourth-order valence-corrected chi connectivity index (χ4v) is 5.61. The highest BCUT2D eigenvalue weighted by atomic mass is 32.2. The smallest absolute Gasteiger partial charge is 0.264 e. The summed E-state index contributed by atoms with van der Waals surface area (Å²) in [6, 6.07) is 25.2. The van der Waals surface area contributed by atoms with Gasteiger partial charge < -0.3 is 4.57 Å². The van der Waals surface area contributed by atoms with Gasteiger partial charge in [0.05, 0.1) is 16.8 Å².